The lowest BCUT2D eigenvalue weighted by atomic mass is 9.98. The monoisotopic (exact) mass is 385 g/mol. The first-order valence-electron chi connectivity index (χ1n) is 7.87. The molecule has 10 heteroatoms. The number of esters is 1. The molecule has 138 valence electrons. The Hall–Kier alpha value is -3.37. The van der Waals surface area contributed by atoms with Crippen molar-refractivity contribution in [2.75, 3.05) is 0 Å². The van der Waals surface area contributed by atoms with E-state index in [1.165, 1.54) is 12.1 Å². The number of carbonyl (C=O) groups is 1. The van der Waals surface area contributed by atoms with Gasteiger partial charge in [-0.2, -0.15) is 5.10 Å². The smallest absolute Gasteiger partial charge is 0.339 e. The lowest BCUT2D eigenvalue weighted by Gasteiger charge is -2.14. The molecule has 0 spiro atoms. The summed E-state index contributed by atoms with van der Waals surface area (Å²) in [6.45, 7) is 0. The summed E-state index contributed by atoms with van der Waals surface area (Å²) in [5.74, 6) is 4.81. The highest BCUT2D eigenvalue weighted by atomic mass is 32.1. The van der Waals surface area contributed by atoms with E-state index >= 15 is 0 Å². The number of nitro benzene ring substituents is 1. The van der Waals surface area contributed by atoms with Gasteiger partial charge >= 0.3 is 5.97 Å². The van der Waals surface area contributed by atoms with E-state index in [0.717, 1.165) is 5.56 Å². The van der Waals surface area contributed by atoms with E-state index in [0.29, 0.717) is 16.8 Å². The average molecular weight is 385 g/mol. The summed E-state index contributed by atoms with van der Waals surface area (Å²) in [5, 5.41) is 15.3. The fourth-order valence-corrected chi connectivity index (χ4v) is 2.77. The Kier molecular flexibility index (Phi) is 5.38. The molecule has 0 aliphatic carbocycles. The molecule has 0 amide bonds. The second kappa shape index (κ2) is 7.89. The molecule has 1 aliphatic heterocycles. The number of fused-ring (bicyclic) bond motifs is 1. The maximum atomic E-state index is 12.0. The first kappa shape index (κ1) is 18.4. The second-order valence-electron chi connectivity index (χ2n) is 5.64. The van der Waals surface area contributed by atoms with Crippen LogP contribution in [-0.4, -0.2) is 21.7 Å². The molecule has 1 atom stereocenters. The molecule has 0 aromatic heterocycles. The van der Waals surface area contributed by atoms with Crippen LogP contribution in [0.5, 0.6) is 0 Å². The second-order valence-corrected chi connectivity index (χ2v) is 6.04. The molecule has 0 bridgehead atoms. The van der Waals surface area contributed by atoms with Crippen molar-refractivity contribution in [1.82, 2.24) is 10.9 Å². The van der Waals surface area contributed by atoms with E-state index in [4.69, 9.17) is 22.8 Å². The Morgan fingerprint density at radius 3 is 2.81 bits per heavy atom. The maximum Gasteiger partial charge on any atom is 0.339 e. The largest absolute Gasteiger partial charge is 0.453 e. The highest BCUT2D eigenvalue weighted by molar-refractivity contribution is 7.80. The molecule has 2 aromatic rings. The van der Waals surface area contributed by atoms with Gasteiger partial charge in [0.25, 0.3) is 5.69 Å². The van der Waals surface area contributed by atoms with Crippen LogP contribution < -0.4 is 16.7 Å². The third kappa shape index (κ3) is 4.07. The molecule has 3 rings (SSSR count). The molecule has 0 radical (unpaired) electrons. The Morgan fingerprint density at radius 1 is 1.30 bits per heavy atom. The van der Waals surface area contributed by atoms with Crippen molar-refractivity contribution in [2.24, 2.45) is 10.9 Å². The fraction of sp³-hybridized carbons (Fsp3) is 0.118. The van der Waals surface area contributed by atoms with Gasteiger partial charge in [0.1, 0.15) is 6.10 Å². The van der Waals surface area contributed by atoms with Gasteiger partial charge in [-0.25, -0.2) is 10.6 Å². The van der Waals surface area contributed by atoms with Crippen molar-refractivity contribution in [1.29, 1.82) is 0 Å². The minimum Gasteiger partial charge on any atom is -0.453 e. The van der Waals surface area contributed by atoms with Crippen LogP contribution in [0.25, 0.3) is 0 Å². The molecule has 27 heavy (non-hydrogen) atoms. The van der Waals surface area contributed by atoms with Crippen LogP contribution in [0.2, 0.25) is 0 Å². The highest BCUT2D eigenvalue weighted by Gasteiger charge is 2.32. The number of cyclic esters (lactones) is 1. The molecular weight excluding hydrogens is 370 g/mol. The fourth-order valence-electron chi connectivity index (χ4n) is 2.72. The number of nitrogens with two attached hydrogens (primary N) is 1. The third-order valence-corrected chi connectivity index (χ3v) is 4.18. The van der Waals surface area contributed by atoms with Crippen molar-refractivity contribution < 1.29 is 14.5 Å². The van der Waals surface area contributed by atoms with Gasteiger partial charge < -0.3 is 4.74 Å². The van der Waals surface area contributed by atoms with Gasteiger partial charge in [0.15, 0.2) is 0 Å². The predicted molar refractivity (Wildman–Crippen MR) is 102 cm³/mol. The molecule has 0 fully saturated rings. The number of thiocarbonyl (C=S) groups is 1. The summed E-state index contributed by atoms with van der Waals surface area (Å²) in [5.41, 5.74) is 6.87. The van der Waals surface area contributed by atoms with Crippen LogP contribution in [0, 0.1) is 10.1 Å². The van der Waals surface area contributed by atoms with Gasteiger partial charge in [-0.3, -0.25) is 21.0 Å². The van der Waals surface area contributed by atoms with Crippen LogP contribution in [0.4, 0.5) is 5.69 Å². The summed E-state index contributed by atoms with van der Waals surface area (Å²) in [4.78, 5) is 22.6. The molecule has 0 saturated carbocycles. The van der Waals surface area contributed by atoms with E-state index in [2.05, 4.69) is 16.0 Å². The standard InChI is InChI=1S/C17H15N5O4S/c18-19-17(27)21-20-14(10-4-3-5-11(8-10)22(24)25)9-15-12-6-1-2-7-13(12)16(23)26-15/h1-8,15H,9,18H2,(H2,19,21,27)/b20-14+/t15-/m1/s1. The minimum atomic E-state index is -0.562. The number of non-ortho nitro benzene ring substituents is 1. The van der Waals surface area contributed by atoms with Crippen LogP contribution in [0.1, 0.15) is 34.0 Å². The van der Waals surface area contributed by atoms with Crippen LogP contribution in [0.15, 0.2) is 53.6 Å². The Balaban J connectivity index is 1.94. The molecule has 2 aromatic carbocycles. The normalized spacial score (nSPS) is 15.7. The zero-order valence-electron chi connectivity index (χ0n) is 13.9. The van der Waals surface area contributed by atoms with Gasteiger partial charge in [-0.05, 0) is 18.3 Å². The molecule has 9 nitrogen and oxygen atoms in total. The highest BCUT2D eigenvalue weighted by Crippen LogP contribution is 2.34. The SMILES string of the molecule is NNC(=S)N/N=C(\C[C@H]1OC(=O)c2ccccc21)c1cccc([N+](=O)[O-])c1. The topological polar surface area (TPSA) is 132 Å². The number of carbonyl (C=O) groups excluding carboxylic acids is 1. The van der Waals surface area contributed by atoms with E-state index in [1.54, 1.807) is 30.3 Å². The quantitative estimate of drug-likeness (QED) is 0.178. The zero-order valence-corrected chi connectivity index (χ0v) is 14.7. The van der Waals surface area contributed by atoms with Gasteiger partial charge in [0.2, 0.25) is 5.11 Å². The minimum absolute atomic E-state index is 0.0711. The molecule has 1 aliphatic rings. The first-order chi connectivity index (χ1) is 13.0. The van der Waals surface area contributed by atoms with E-state index < -0.39 is 17.0 Å². The summed E-state index contributed by atoms with van der Waals surface area (Å²) >= 11 is 4.91. The zero-order chi connectivity index (χ0) is 19.4. The van der Waals surface area contributed by atoms with Crippen LogP contribution >= 0.6 is 12.2 Å². The number of nitrogens with one attached hydrogen (secondary N) is 2. The number of hydrogen-bond donors (Lipinski definition) is 3. The number of hydrazine groups is 1. The van der Waals surface area contributed by atoms with Crippen molar-refractivity contribution in [2.45, 2.75) is 12.5 Å². The van der Waals surface area contributed by atoms with Crippen molar-refractivity contribution in [3.05, 3.63) is 75.3 Å². The van der Waals surface area contributed by atoms with Gasteiger partial charge in [0.05, 0.1) is 16.2 Å². The summed E-state index contributed by atoms with van der Waals surface area (Å²) in [7, 11) is 0. The van der Waals surface area contributed by atoms with E-state index in [1.807, 2.05) is 6.07 Å². The number of rotatable bonds is 5. The van der Waals surface area contributed by atoms with Crippen molar-refractivity contribution >= 4 is 34.7 Å². The number of benzene rings is 2. The van der Waals surface area contributed by atoms with Crippen LogP contribution in [-0.2, 0) is 4.74 Å². The lowest BCUT2D eigenvalue weighted by molar-refractivity contribution is -0.384. The number of hydrogen-bond acceptors (Lipinski definition) is 7. The molecule has 0 unspecified atom stereocenters. The molecule has 0 saturated heterocycles. The van der Waals surface area contributed by atoms with Crippen LogP contribution in [0.3, 0.4) is 0 Å². The number of nitro groups is 1. The number of ether oxygens (including phenoxy) is 1. The summed E-state index contributed by atoms with van der Waals surface area (Å²) in [6.07, 6.45) is -0.364. The van der Waals surface area contributed by atoms with Crippen molar-refractivity contribution in [3.8, 4) is 0 Å². The van der Waals surface area contributed by atoms with Gasteiger partial charge in [-0.15, -0.1) is 0 Å². The third-order valence-electron chi connectivity index (χ3n) is 3.97. The Morgan fingerprint density at radius 2 is 2.07 bits per heavy atom. The first-order valence-corrected chi connectivity index (χ1v) is 8.28. The van der Waals surface area contributed by atoms with Gasteiger partial charge in [-0.1, -0.05) is 30.3 Å². The maximum absolute atomic E-state index is 12.0. The Bertz CT molecular complexity index is 946. The number of nitrogens with zero attached hydrogens (tertiary/aromatic N) is 2. The van der Waals surface area contributed by atoms with E-state index in [-0.39, 0.29) is 17.2 Å². The molecule has 4 N–H and O–H groups in total. The van der Waals surface area contributed by atoms with Crippen molar-refractivity contribution in [3.63, 3.8) is 0 Å². The average Bonchev–Trinajstić information content (AvgIpc) is 3.00. The Labute approximate surface area is 159 Å². The lowest BCUT2D eigenvalue weighted by Crippen LogP contribution is -2.37. The molecular formula is C17H15N5O4S. The van der Waals surface area contributed by atoms with Gasteiger partial charge in [0, 0.05) is 29.7 Å². The number of hydrazone groups is 1. The van der Waals surface area contributed by atoms with E-state index in [9.17, 15) is 14.9 Å². The summed E-state index contributed by atoms with van der Waals surface area (Å²) in [6, 6.07) is 13.1. The predicted octanol–water partition coefficient (Wildman–Crippen LogP) is 1.94. The summed E-state index contributed by atoms with van der Waals surface area (Å²) < 4.78 is 5.44. The molecule has 1 heterocycles.